The first kappa shape index (κ1) is 20.3. The molecule has 8 heteroatoms. The molecule has 0 aliphatic carbocycles. The number of cyclic esters (lactones) is 3. The molecular weight excluding hydrogens is 356 g/mol. The van der Waals surface area contributed by atoms with Gasteiger partial charge in [-0.25, -0.2) is 14.4 Å². The van der Waals surface area contributed by atoms with Crippen LogP contribution in [0.2, 0.25) is 0 Å². The third-order valence-corrected chi connectivity index (χ3v) is 3.73. The van der Waals surface area contributed by atoms with Crippen LogP contribution in [0.3, 0.4) is 0 Å². The van der Waals surface area contributed by atoms with E-state index in [4.69, 9.17) is 18.9 Å². The van der Waals surface area contributed by atoms with Crippen LogP contribution in [0.25, 0.3) is 0 Å². The molecule has 2 heterocycles. The van der Waals surface area contributed by atoms with Gasteiger partial charge in [-0.2, -0.15) is 0 Å². The van der Waals surface area contributed by atoms with Gasteiger partial charge in [0, 0.05) is 27.7 Å². The maximum absolute atomic E-state index is 12.0. The van der Waals surface area contributed by atoms with Gasteiger partial charge in [-0.1, -0.05) is 6.08 Å². The molecule has 8 nitrogen and oxygen atoms in total. The second-order valence-electron chi connectivity index (χ2n) is 7.05. The highest BCUT2D eigenvalue weighted by molar-refractivity contribution is 6.15. The molecule has 0 radical (unpaired) electrons. The molecular formula is C19H22O8. The molecule has 0 aromatic carbocycles. The van der Waals surface area contributed by atoms with E-state index in [0.717, 1.165) is 0 Å². The molecule has 0 aromatic rings. The lowest BCUT2D eigenvalue weighted by molar-refractivity contribution is -0.223. The molecule has 0 atom stereocenters. The van der Waals surface area contributed by atoms with E-state index in [-0.39, 0.29) is 11.1 Å². The number of carbonyl (C=O) groups is 3. The van der Waals surface area contributed by atoms with Gasteiger partial charge in [-0.15, -0.1) is 0 Å². The van der Waals surface area contributed by atoms with Gasteiger partial charge in [0.05, 0.1) is 0 Å². The minimum Gasteiger partial charge on any atom is -0.480 e. The van der Waals surface area contributed by atoms with Gasteiger partial charge in [0.1, 0.15) is 11.1 Å². The lowest BCUT2D eigenvalue weighted by atomic mass is 10.0. The summed E-state index contributed by atoms with van der Waals surface area (Å²) in [5.41, 5.74) is 0.813. The van der Waals surface area contributed by atoms with Crippen molar-refractivity contribution in [3.8, 4) is 0 Å². The standard InChI is InChI=1S/C19H22O8/c1-10(7-8-12-14(20)24-18(3,4)25-15(12)21)11(2)9-13-16(22)26-19(5,6)27-17(13)23/h7-9,22H,1-6H3/b10-7+,11-9+. The molecule has 1 saturated heterocycles. The van der Waals surface area contributed by atoms with E-state index in [1.807, 2.05) is 0 Å². The Kier molecular flexibility index (Phi) is 5.21. The number of aliphatic hydroxyl groups is 1. The summed E-state index contributed by atoms with van der Waals surface area (Å²) in [6.07, 6.45) is 4.16. The summed E-state index contributed by atoms with van der Waals surface area (Å²) >= 11 is 0. The fourth-order valence-corrected chi connectivity index (χ4v) is 2.26. The zero-order valence-corrected chi connectivity index (χ0v) is 16.0. The van der Waals surface area contributed by atoms with E-state index in [1.165, 1.54) is 45.9 Å². The van der Waals surface area contributed by atoms with Crippen LogP contribution in [-0.2, 0) is 33.3 Å². The number of hydrogen-bond donors (Lipinski definition) is 1. The van der Waals surface area contributed by atoms with Crippen molar-refractivity contribution in [3.63, 3.8) is 0 Å². The van der Waals surface area contributed by atoms with E-state index < -0.39 is 35.4 Å². The zero-order valence-electron chi connectivity index (χ0n) is 16.0. The Hall–Kier alpha value is -3.03. The predicted octanol–water partition coefficient (Wildman–Crippen LogP) is 2.72. The highest BCUT2D eigenvalue weighted by atomic mass is 16.8. The average Bonchev–Trinajstić information content (AvgIpc) is 2.47. The average molecular weight is 378 g/mol. The van der Waals surface area contributed by atoms with Crippen molar-refractivity contribution < 1.29 is 38.4 Å². The van der Waals surface area contributed by atoms with Crippen molar-refractivity contribution in [1.82, 2.24) is 0 Å². The Balaban J connectivity index is 2.25. The van der Waals surface area contributed by atoms with Gasteiger partial charge >= 0.3 is 17.9 Å². The normalized spacial score (nSPS) is 22.6. The second-order valence-corrected chi connectivity index (χ2v) is 7.05. The van der Waals surface area contributed by atoms with Gasteiger partial charge in [0.2, 0.25) is 0 Å². The molecule has 0 bridgehead atoms. The Morgan fingerprint density at radius 1 is 0.815 bits per heavy atom. The summed E-state index contributed by atoms with van der Waals surface area (Å²) in [5.74, 6) is -5.39. The van der Waals surface area contributed by atoms with Crippen LogP contribution in [0.1, 0.15) is 41.5 Å². The van der Waals surface area contributed by atoms with Crippen LogP contribution < -0.4 is 0 Å². The summed E-state index contributed by atoms with van der Waals surface area (Å²) in [7, 11) is 0. The molecule has 146 valence electrons. The van der Waals surface area contributed by atoms with E-state index in [0.29, 0.717) is 11.1 Å². The minimum atomic E-state index is -1.31. The van der Waals surface area contributed by atoms with Gasteiger partial charge in [0.15, 0.2) is 0 Å². The van der Waals surface area contributed by atoms with Crippen LogP contribution in [0.4, 0.5) is 0 Å². The molecule has 1 fully saturated rings. The summed E-state index contributed by atoms with van der Waals surface area (Å²) in [6.45, 7) is 9.28. The van der Waals surface area contributed by atoms with Gasteiger partial charge in [-0.3, -0.25) is 0 Å². The minimum absolute atomic E-state index is 0.134. The Morgan fingerprint density at radius 2 is 1.30 bits per heavy atom. The largest absolute Gasteiger partial charge is 0.480 e. The van der Waals surface area contributed by atoms with Crippen LogP contribution in [0.5, 0.6) is 0 Å². The first-order chi connectivity index (χ1) is 12.3. The third-order valence-electron chi connectivity index (χ3n) is 3.73. The Labute approximate surface area is 156 Å². The lowest BCUT2D eigenvalue weighted by Crippen LogP contribution is -2.41. The number of aliphatic hydroxyl groups excluding tert-OH is 1. The fraction of sp³-hybridized carbons (Fsp3) is 0.421. The molecule has 0 amide bonds. The van der Waals surface area contributed by atoms with Gasteiger partial charge < -0.3 is 24.1 Å². The summed E-state index contributed by atoms with van der Waals surface area (Å²) in [4.78, 5) is 35.8. The molecule has 2 rings (SSSR count). The first-order valence-corrected chi connectivity index (χ1v) is 8.21. The fourth-order valence-electron chi connectivity index (χ4n) is 2.26. The molecule has 0 aromatic heterocycles. The number of esters is 3. The molecule has 0 spiro atoms. The first-order valence-electron chi connectivity index (χ1n) is 8.21. The van der Waals surface area contributed by atoms with Crippen molar-refractivity contribution in [2.24, 2.45) is 0 Å². The van der Waals surface area contributed by atoms with Crippen molar-refractivity contribution >= 4 is 17.9 Å². The van der Waals surface area contributed by atoms with Crippen LogP contribution in [0.15, 0.2) is 46.5 Å². The lowest BCUT2D eigenvalue weighted by Gasteiger charge is -2.30. The molecule has 2 aliphatic heterocycles. The van der Waals surface area contributed by atoms with Crippen LogP contribution >= 0.6 is 0 Å². The number of carbonyl (C=O) groups excluding carboxylic acids is 3. The Morgan fingerprint density at radius 3 is 1.81 bits per heavy atom. The van der Waals surface area contributed by atoms with Gasteiger partial charge in [0.25, 0.3) is 17.5 Å². The summed E-state index contributed by atoms with van der Waals surface area (Å²) < 4.78 is 20.2. The molecule has 2 aliphatic rings. The molecule has 0 unspecified atom stereocenters. The van der Waals surface area contributed by atoms with E-state index in [9.17, 15) is 19.5 Å². The van der Waals surface area contributed by atoms with Crippen molar-refractivity contribution in [2.45, 2.75) is 53.1 Å². The number of rotatable bonds is 3. The molecule has 1 N–H and O–H groups in total. The van der Waals surface area contributed by atoms with E-state index in [2.05, 4.69) is 0 Å². The number of hydrogen-bond acceptors (Lipinski definition) is 8. The van der Waals surface area contributed by atoms with Crippen molar-refractivity contribution in [3.05, 3.63) is 46.5 Å². The topological polar surface area (TPSA) is 108 Å². The highest BCUT2D eigenvalue weighted by Crippen LogP contribution is 2.27. The molecule has 27 heavy (non-hydrogen) atoms. The van der Waals surface area contributed by atoms with Gasteiger partial charge in [-0.05, 0) is 37.1 Å². The van der Waals surface area contributed by atoms with E-state index >= 15 is 0 Å². The smallest absolute Gasteiger partial charge is 0.348 e. The molecule has 0 saturated carbocycles. The monoisotopic (exact) mass is 378 g/mol. The van der Waals surface area contributed by atoms with Crippen molar-refractivity contribution in [1.29, 1.82) is 0 Å². The number of allylic oxidation sites excluding steroid dienone is 4. The maximum Gasteiger partial charge on any atom is 0.348 e. The number of ether oxygens (including phenoxy) is 4. The summed E-state index contributed by atoms with van der Waals surface area (Å²) in [5, 5.41) is 9.92. The van der Waals surface area contributed by atoms with E-state index in [1.54, 1.807) is 13.8 Å². The van der Waals surface area contributed by atoms with Crippen LogP contribution in [-0.4, -0.2) is 34.6 Å². The highest BCUT2D eigenvalue weighted by Gasteiger charge is 2.38. The Bertz CT molecular complexity index is 799. The predicted molar refractivity (Wildman–Crippen MR) is 92.8 cm³/mol. The quantitative estimate of drug-likeness (QED) is 0.346. The van der Waals surface area contributed by atoms with Crippen molar-refractivity contribution in [2.75, 3.05) is 0 Å². The van der Waals surface area contributed by atoms with Crippen LogP contribution in [0, 0.1) is 0 Å². The SMILES string of the molecule is CC(=C\C=C1C(=O)OC(C)(C)OC1=O)/C(C)=C/C1=C(O)OC(C)(C)OC1=O. The third kappa shape index (κ3) is 4.78. The second kappa shape index (κ2) is 6.94. The summed E-state index contributed by atoms with van der Waals surface area (Å²) in [6, 6.07) is 0. The zero-order chi connectivity index (χ0) is 20.6. The maximum atomic E-state index is 12.0.